The van der Waals surface area contributed by atoms with E-state index in [2.05, 4.69) is 15.2 Å². The van der Waals surface area contributed by atoms with Crippen LogP contribution in [0, 0.1) is 6.92 Å². The predicted molar refractivity (Wildman–Crippen MR) is 88.6 cm³/mol. The van der Waals surface area contributed by atoms with E-state index in [1.807, 2.05) is 56.6 Å². The van der Waals surface area contributed by atoms with Crippen LogP contribution < -0.4 is 5.56 Å². The van der Waals surface area contributed by atoms with Crippen LogP contribution in [-0.2, 0) is 7.05 Å². The summed E-state index contributed by atoms with van der Waals surface area (Å²) in [5, 5.41) is 9.94. The number of benzene rings is 1. The fraction of sp³-hybridized carbons (Fsp3) is 0.118. The minimum absolute atomic E-state index is 0.171. The molecule has 1 N–H and O–H groups in total. The van der Waals surface area contributed by atoms with Crippen LogP contribution in [0.2, 0.25) is 0 Å². The molecule has 114 valence electrons. The van der Waals surface area contributed by atoms with E-state index in [-0.39, 0.29) is 5.56 Å². The molecule has 0 unspecified atom stereocenters. The molecular weight excluding hydrogens is 290 g/mol. The van der Waals surface area contributed by atoms with E-state index in [9.17, 15) is 4.79 Å². The summed E-state index contributed by atoms with van der Waals surface area (Å²) in [6.07, 6.45) is 1.86. The molecule has 0 spiro atoms. The first kappa shape index (κ1) is 13.5. The number of nitrogens with zero attached hydrogens (tertiary/aromatic N) is 4. The summed E-state index contributed by atoms with van der Waals surface area (Å²) in [4.78, 5) is 15.1. The fourth-order valence-corrected chi connectivity index (χ4v) is 2.84. The SMILES string of the molecule is Cc1nn(-c2ccccc2)c2[nH]c(=O)cc(-c3ccn(C)n3)c12. The van der Waals surface area contributed by atoms with E-state index < -0.39 is 0 Å². The van der Waals surface area contributed by atoms with Gasteiger partial charge in [0, 0.05) is 24.9 Å². The summed E-state index contributed by atoms with van der Waals surface area (Å²) in [6.45, 7) is 1.94. The minimum atomic E-state index is -0.171. The largest absolute Gasteiger partial charge is 0.306 e. The first-order valence-corrected chi connectivity index (χ1v) is 7.31. The third-order valence-electron chi connectivity index (χ3n) is 3.84. The molecule has 0 fully saturated rings. The van der Waals surface area contributed by atoms with Crippen LogP contribution in [0.3, 0.4) is 0 Å². The van der Waals surface area contributed by atoms with E-state index in [1.54, 1.807) is 15.4 Å². The predicted octanol–water partition coefficient (Wildman–Crippen LogP) is 2.42. The molecule has 23 heavy (non-hydrogen) atoms. The number of pyridine rings is 1. The molecule has 0 bridgehead atoms. The van der Waals surface area contributed by atoms with Gasteiger partial charge in [0.05, 0.1) is 22.5 Å². The van der Waals surface area contributed by atoms with E-state index in [0.29, 0.717) is 5.65 Å². The second kappa shape index (κ2) is 4.95. The van der Waals surface area contributed by atoms with Gasteiger partial charge in [0.2, 0.25) is 5.56 Å². The van der Waals surface area contributed by atoms with Crippen molar-refractivity contribution in [2.45, 2.75) is 6.92 Å². The van der Waals surface area contributed by atoms with Crippen molar-refractivity contribution in [1.82, 2.24) is 24.5 Å². The molecule has 0 aliphatic heterocycles. The lowest BCUT2D eigenvalue weighted by molar-refractivity contribution is 0.771. The topological polar surface area (TPSA) is 68.5 Å². The maximum Gasteiger partial charge on any atom is 0.250 e. The molecule has 0 amide bonds. The Morgan fingerprint density at radius 2 is 1.87 bits per heavy atom. The number of H-pyrrole nitrogens is 1. The Balaban J connectivity index is 2.07. The smallest absolute Gasteiger partial charge is 0.250 e. The molecule has 4 aromatic rings. The van der Waals surface area contributed by atoms with Gasteiger partial charge < -0.3 is 4.98 Å². The van der Waals surface area contributed by atoms with Crippen molar-refractivity contribution in [2.24, 2.45) is 7.05 Å². The number of aromatic nitrogens is 5. The highest BCUT2D eigenvalue weighted by Crippen LogP contribution is 2.28. The quantitative estimate of drug-likeness (QED) is 0.618. The fourth-order valence-electron chi connectivity index (χ4n) is 2.84. The minimum Gasteiger partial charge on any atom is -0.306 e. The maximum atomic E-state index is 12.1. The summed E-state index contributed by atoms with van der Waals surface area (Å²) < 4.78 is 3.48. The van der Waals surface area contributed by atoms with Crippen molar-refractivity contribution < 1.29 is 0 Å². The lowest BCUT2D eigenvalue weighted by Crippen LogP contribution is -2.08. The molecule has 0 aliphatic carbocycles. The van der Waals surface area contributed by atoms with Gasteiger partial charge in [-0.2, -0.15) is 10.2 Å². The monoisotopic (exact) mass is 305 g/mol. The van der Waals surface area contributed by atoms with Crippen LogP contribution in [0.15, 0.2) is 53.5 Å². The Morgan fingerprint density at radius 1 is 1.09 bits per heavy atom. The highest BCUT2D eigenvalue weighted by molar-refractivity contribution is 5.94. The first-order chi connectivity index (χ1) is 11.1. The average Bonchev–Trinajstić information content (AvgIpc) is 3.12. The lowest BCUT2D eigenvalue weighted by atomic mass is 10.1. The maximum absolute atomic E-state index is 12.1. The Hall–Kier alpha value is -3.15. The molecule has 4 rings (SSSR count). The molecule has 0 radical (unpaired) electrons. The Labute approximate surface area is 132 Å². The van der Waals surface area contributed by atoms with Gasteiger partial charge >= 0.3 is 0 Å². The molecule has 0 saturated heterocycles. The number of nitrogens with one attached hydrogen (secondary N) is 1. The third kappa shape index (κ3) is 2.15. The molecule has 3 heterocycles. The zero-order valence-corrected chi connectivity index (χ0v) is 12.8. The van der Waals surface area contributed by atoms with Crippen LogP contribution in [0.5, 0.6) is 0 Å². The van der Waals surface area contributed by atoms with E-state index in [0.717, 1.165) is 28.0 Å². The number of hydrogen-bond donors (Lipinski definition) is 1. The second-order valence-electron chi connectivity index (χ2n) is 5.48. The number of aromatic amines is 1. The molecule has 1 aromatic carbocycles. The molecule has 0 aliphatic rings. The van der Waals surface area contributed by atoms with Crippen molar-refractivity contribution >= 4 is 11.0 Å². The van der Waals surface area contributed by atoms with Crippen molar-refractivity contribution in [2.75, 3.05) is 0 Å². The highest BCUT2D eigenvalue weighted by Gasteiger charge is 2.16. The molecule has 0 atom stereocenters. The Morgan fingerprint density at radius 3 is 2.57 bits per heavy atom. The summed E-state index contributed by atoms with van der Waals surface area (Å²) in [5.74, 6) is 0. The van der Waals surface area contributed by atoms with Crippen LogP contribution >= 0.6 is 0 Å². The number of aryl methyl sites for hydroxylation is 2. The van der Waals surface area contributed by atoms with Crippen molar-refractivity contribution in [3.05, 3.63) is 64.7 Å². The summed E-state index contributed by atoms with van der Waals surface area (Å²) in [7, 11) is 1.86. The number of para-hydroxylation sites is 1. The Kier molecular flexibility index (Phi) is 2.90. The normalized spacial score (nSPS) is 11.2. The summed E-state index contributed by atoms with van der Waals surface area (Å²) in [5.41, 5.74) is 3.82. The van der Waals surface area contributed by atoms with Gasteiger partial charge in [0.15, 0.2) is 0 Å². The zero-order chi connectivity index (χ0) is 16.0. The molecular formula is C17H15N5O. The molecule has 6 heteroatoms. The van der Waals surface area contributed by atoms with Crippen LogP contribution in [0.1, 0.15) is 5.69 Å². The number of fused-ring (bicyclic) bond motifs is 1. The number of rotatable bonds is 2. The summed E-state index contributed by atoms with van der Waals surface area (Å²) in [6, 6.07) is 13.2. The highest BCUT2D eigenvalue weighted by atomic mass is 16.1. The van der Waals surface area contributed by atoms with Gasteiger partial charge in [-0.05, 0) is 25.1 Å². The van der Waals surface area contributed by atoms with Crippen molar-refractivity contribution in [3.63, 3.8) is 0 Å². The summed E-state index contributed by atoms with van der Waals surface area (Å²) >= 11 is 0. The molecule has 6 nitrogen and oxygen atoms in total. The van der Waals surface area contributed by atoms with Gasteiger partial charge in [-0.1, -0.05) is 18.2 Å². The van der Waals surface area contributed by atoms with Crippen LogP contribution in [0.25, 0.3) is 28.0 Å². The van der Waals surface area contributed by atoms with Gasteiger partial charge in [-0.3, -0.25) is 9.48 Å². The van der Waals surface area contributed by atoms with Crippen molar-refractivity contribution in [1.29, 1.82) is 0 Å². The average molecular weight is 305 g/mol. The lowest BCUT2D eigenvalue weighted by Gasteiger charge is -2.04. The standard InChI is InChI=1S/C17H15N5O/c1-11-16-13(14-8-9-21(2)20-14)10-15(23)18-17(16)22(19-11)12-6-4-3-5-7-12/h3-10H,1-2H3,(H,18,23). The van der Waals surface area contributed by atoms with Crippen molar-refractivity contribution in [3.8, 4) is 16.9 Å². The van der Waals surface area contributed by atoms with Gasteiger partial charge in [-0.25, -0.2) is 4.68 Å². The van der Waals surface area contributed by atoms with E-state index in [4.69, 9.17) is 0 Å². The Bertz CT molecular complexity index is 1060. The molecule has 0 saturated carbocycles. The van der Waals surface area contributed by atoms with E-state index >= 15 is 0 Å². The van der Waals surface area contributed by atoms with Gasteiger partial charge in [0.1, 0.15) is 5.65 Å². The number of hydrogen-bond acceptors (Lipinski definition) is 3. The second-order valence-corrected chi connectivity index (χ2v) is 5.48. The van der Waals surface area contributed by atoms with E-state index in [1.165, 1.54) is 0 Å². The van der Waals surface area contributed by atoms with Crippen LogP contribution in [0.4, 0.5) is 0 Å². The zero-order valence-electron chi connectivity index (χ0n) is 12.8. The first-order valence-electron chi connectivity index (χ1n) is 7.31. The van der Waals surface area contributed by atoms with Gasteiger partial charge in [0.25, 0.3) is 0 Å². The van der Waals surface area contributed by atoms with Gasteiger partial charge in [-0.15, -0.1) is 0 Å². The third-order valence-corrected chi connectivity index (χ3v) is 3.84. The van der Waals surface area contributed by atoms with Crippen LogP contribution in [-0.4, -0.2) is 24.5 Å². The molecule has 3 aromatic heterocycles.